The van der Waals surface area contributed by atoms with E-state index in [2.05, 4.69) is 20.8 Å². The maximum atomic E-state index is 5.52. The van der Waals surface area contributed by atoms with Crippen LogP contribution in [0.2, 0.25) is 0 Å². The lowest BCUT2D eigenvalue weighted by molar-refractivity contribution is 0.0588. The van der Waals surface area contributed by atoms with Crippen LogP contribution in [0.4, 0.5) is 0 Å². The molecule has 2 atom stereocenters. The van der Waals surface area contributed by atoms with Gasteiger partial charge in [-0.15, -0.1) is 0 Å². The van der Waals surface area contributed by atoms with E-state index in [4.69, 9.17) is 9.47 Å². The van der Waals surface area contributed by atoms with Gasteiger partial charge in [-0.25, -0.2) is 0 Å². The van der Waals surface area contributed by atoms with Crippen LogP contribution in [0, 0.1) is 0 Å². The van der Waals surface area contributed by atoms with Crippen LogP contribution in [0.5, 0.6) is 0 Å². The van der Waals surface area contributed by atoms with Gasteiger partial charge in [-0.1, -0.05) is 15.9 Å². The van der Waals surface area contributed by atoms with Crippen molar-refractivity contribution in [3.8, 4) is 0 Å². The van der Waals surface area contributed by atoms with Crippen molar-refractivity contribution >= 4 is 15.9 Å². The molecule has 100 valence electrons. The molecule has 0 aliphatic carbocycles. The van der Waals surface area contributed by atoms with Gasteiger partial charge in [0.25, 0.3) is 0 Å². The molecule has 2 rings (SSSR count). The first-order chi connectivity index (χ1) is 8.31. The van der Waals surface area contributed by atoms with Gasteiger partial charge in [0.1, 0.15) is 0 Å². The maximum absolute atomic E-state index is 5.52. The van der Waals surface area contributed by atoms with Crippen LogP contribution in [-0.4, -0.2) is 55.3 Å². The van der Waals surface area contributed by atoms with Gasteiger partial charge in [0.05, 0.1) is 13.2 Å². The zero-order valence-corrected chi connectivity index (χ0v) is 12.3. The molecule has 2 bridgehead atoms. The van der Waals surface area contributed by atoms with Crippen LogP contribution < -0.4 is 0 Å². The number of halogens is 1. The Morgan fingerprint density at radius 3 is 2.47 bits per heavy atom. The minimum atomic E-state index is 0.709. The molecule has 2 aliphatic heterocycles. The van der Waals surface area contributed by atoms with Gasteiger partial charge >= 0.3 is 0 Å². The van der Waals surface area contributed by atoms with E-state index in [1.807, 2.05) is 0 Å². The number of piperidine rings is 1. The number of rotatable bonds is 7. The molecule has 0 aromatic heterocycles. The van der Waals surface area contributed by atoms with Crippen LogP contribution >= 0.6 is 15.9 Å². The average molecular weight is 306 g/mol. The molecule has 2 aliphatic rings. The highest BCUT2D eigenvalue weighted by atomic mass is 79.9. The third-order valence-electron chi connectivity index (χ3n) is 3.96. The first kappa shape index (κ1) is 13.8. The van der Waals surface area contributed by atoms with E-state index in [1.165, 1.54) is 32.2 Å². The Balaban J connectivity index is 1.60. The van der Waals surface area contributed by atoms with Crippen molar-refractivity contribution in [1.29, 1.82) is 0 Å². The molecule has 0 radical (unpaired) electrons. The highest BCUT2D eigenvalue weighted by molar-refractivity contribution is 9.09. The minimum absolute atomic E-state index is 0.709. The number of hydrogen-bond acceptors (Lipinski definition) is 3. The second-order valence-electron chi connectivity index (χ2n) is 5.15. The van der Waals surface area contributed by atoms with E-state index in [1.54, 1.807) is 7.11 Å². The van der Waals surface area contributed by atoms with Crippen molar-refractivity contribution in [3.05, 3.63) is 0 Å². The van der Waals surface area contributed by atoms with Gasteiger partial charge in [-0.2, -0.15) is 0 Å². The lowest BCUT2D eigenvalue weighted by Crippen LogP contribution is -2.43. The molecule has 2 saturated heterocycles. The highest BCUT2D eigenvalue weighted by Crippen LogP contribution is 2.38. The lowest BCUT2D eigenvalue weighted by Gasteiger charge is -2.37. The smallest absolute Gasteiger partial charge is 0.0700 e. The van der Waals surface area contributed by atoms with Gasteiger partial charge in [-0.05, 0) is 32.1 Å². The largest absolute Gasteiger partial charge is 0.382 e. The molecule has 3 nitrogen and oxygen atoms in total. The van der Waals surface area contributed by atoms with Crippen LogP contribution in [0.25, 0.3) is 0 Å². The summed E-state index contributed by atoms with van der Waals surface area (Å²) in [6.45, 7) is 3.52. The molecular weight excluding hydrogens is 282 g/mol. The van der Waals surface area contributed by atoms with Crippen molar-refractivity contribution in [1.82, 2.24) is 4.90 Å². The van der Waals surface area contributed by atoms with Crippen molar-refractivity contribution in [2.24, 2.45) is 0 Å². The molecule has 0 amide bonds. The Bertz CT molecular complexity index is 213. The Morgan fingerprint density at radius 2 is 1.82 bits per heavy atom. The van der Waals surface area contributed by atoms with Gasteiger partial charge < -0.3 is 9.47 Å². The number of methoxy groups -OCH3 is 1. The van der Waals surface area contributed by atoms with Gasteiger partial charge in [-0.3, -0.25) is 4.90 Å². The fourth-order valence-corrected chi connectivity index (χ4v) is 4.03. The van der Waals surface area contributed by atoms with Crippen LogP contribution in [-0.2, 0) is 9.47 Å². The second-order valence-corrected chi connectivity index (χ2v) is 6.45. The molecule has 17 heavy (non-hydrogen) atoms. The van der Waals surface area contributed by atoms with Crippen molar-refractivity contribution in [2.45, 2.75) is 49.0 Å². The summed E-state index contributed by atoms with van der Waals surface area (Å²) in [6.07, 6.45) is 6.63. The predicted molar refractivity (Wildman–Crippen MR) is 72.8 cm³/mol. The second kappa shape index (κ2) is 7.07. The Kier molecular flexibility index (Phi) is 5.74. The van der Waals surface area contributed by atoms with Crippen LogP contribution in [0.15, 0.2) is 0 Å². The number of fused-ring (bicyclic) bond motifs is 2. The molecule has 0 aromatic carbocycles. The zero-order valence-electron chi connectivity index (χ0n) is 10.7. The third-order valence-corrected chi connectivity index (χ3v) is 4.71. The van der Waals surface area contributed by atoms with Crippen molar-refractivity contribution < 1.29 is 9.47 Å². The average Bonchev–Trinajstić information content (AvgIpc) is 2.56. The van der Waals surface area contributed by atoms with Crippen molar-refractivity contribution in [3.63, 3.8) is 0 Å². The molecular formula is C13H24BrNO2. The lowest BCUT2D eigenvalue weighted by atomic mass is 10.0. The summed E-state index contributed by atoms with van der Waals surface area (Å²) in [6, 6.07) is 1.66. The minimum Gasteiger partial charge on any atom is -0.382 e. The standard InChI is InChI=1S/C13H24BrNO2/c1-16-7-8-17-6-2-5-15-12-3-4-13(15)10-11(14)9-12/h11-13H,2-10H2,1H3. The summed E-state index contributed by atoms with van der Waals surface area (Å²) in [5.74, 6) is 0. The predicted octanol–water partition coefficient (Wildman–Crippen LogP) is 2.43. The normalized spacial score (nSPS) is 33.2. The number of alkyl halides is 1. The monoisotopic (exact) mass is 305 g/mol. The maximum Gasteiger partial charge on any atom is 0.0700 e. The van der Waals surface area contributed by atoms with Gasteiger partial charge in [0.2, 0.25) is 0 Å². The van der Waals surface area contributed by atoms with Crippen molar-refractivity contribution in [2.75, 3.05) is 33.5 Å². The Labute approximate surface area is 113 Å². The van der Waals surface area contributed by atoms with Gasteiger partial charge in [0, 0.05) is 37.2 Å². The molecule has 0 saturated carbocycles. The molecule has 2 unspecified atom stereocenters. The van der Waals surface area contributed by atoms with Gasteiger partial charge in [0.15, 0.2) is 0 Å². The molecule has 2 heterocycles. The first-order valence-electron chi connectivity index (χ1n) is 6.77. The van der Waals surface area contributed by atoms with E-state index in [-0.39, 0.29) is 0 Å². The zero-order chi connectivity index (χ0) is 12.1. The van der Waals surface area contributed by atoms with E-state index in [9.17, 15) is 0 Å². The summed E-state index contributed by atoms with van der Waals surface area (Å²) >= 11 is 3.78. The van der Waals surface area contributed by atoms with Crippen LogP contribution in [0.3, 0.4) is 0 Å². The van der Waals surface area contributed by atoms with E-state index < -0.39 is 0 Å². The summed E-state index contributed by atoms with van der Waals surface area (Å²) in [5, 5.41) is 0. The molecule has 0 spiro atoms. The van der Waals surface area contributed by atoms with E-state index in [0.29, 0.717) is 6.61 Å². The SMILES string of the molecule is COCCOCCCN1C2CCC1CC(Br)C2. The van der Waals surface area contributed by atoms with Crippen LogP contribution in [0.1, 0.15) is 32.1 Å². The fraction of sp³-hybridized carbons (Fsp3) is 1.00. The number of ether oxygens (including phenoxy) is 2. The topological polar surface area (TPSA) is 21.7 Å². The summed E-state index contributed by atoms with van der Waals surface area (Å²) < 4.78 is 10.5. The Morgan fingerprint density at radius 1 is 1.12 bits per heavy atom. The Hall–Kier alpha value is 0.360. The molecule has 2 fully saturated rings. The summed E-state index contributed by atoms with van der Waals surface area (Å²) in [7, 11) is 1.71. The fourth-order valence-electron chi connectivity index (χ4n) is 3.17. The van der Waals surface area contributed by atoms with E-state index >= 15 is 0 Å². The molecule has 0 aromatic rings. The quantitative estimate of drug-likeness (QED) is 0.533. The van der Waals surface area contributed by atoms with E-state index in [0.717, 1.165) is 36.5 Å². The number of hydrogen-bond donors (Lipinski definition) is 0. The number of nitrogens with zero attached hydrogens (tertiary/aromatic N) is 1. The molecule has 4 heteroatoms. The highest BCUT2D eigenvalue weighted by Gasteiger charge is 2.39. The summed E-state index contributed by atoms with van der Waals surface area (Å²) in [4.78, 5) is 3.48. The third kappa shape index (κ3) is 3.91. The first-order valence-corrected chi connectivity index (χ1v) is 7.69. The summed E-state index contributed by atoms with van der Waals surface area (Å²) in [5.41, 5.74) is 0. The molecule has 0 N–H and O–H groups in total.